The van der Waals surface area contributed by atoms with Crippen molar-refractivity contribution >= 4 is 11.5 Å². The molecule has 5 heteroatoms. The summed E-state index contributed by atoms with van der Waals surface area (Å²) in [7, 11) is 0. The Morgan fingerprint density at radius 3 is 2.64 bits per heavy atom. The molecule has 0 aromatic heterocycles. The molecule has 0 amide bonds. The molecule has 0 radical (unpaired) electrons. The van der Waals surface area contributed by atoms with Crippen LogP contribution in [0.4, 0.5) is 5.69 Å². The third-order valence-corrected chi connectivity index (χ3v) is 1.73. The first-order chi connectivity index (χ1) is 6.57. The lowest BCUT2D eigenvalue weighted by Crippen LogP contribution is -2.00. The van der Waals surface area contributed by atoms with E-state index in [-0.39, 0.29) is 22.6 Å². The van der Waals surface area contributed by atoms with Crippen LogP contribution in [0.1, 0.15) is 22.8 Å². The van der Waals surface area contributed by atoms with Crippen LogP contribution in [0, 0.1) is 21.4 Å². The van der Waals surface area contributed by atoms with E-state index < -0.39 is 4.92 Å². The molecule has 1 aromatic carbocycles. The van der Waals surface area contributed by atoms with Crippen molar-refractivity contribution in [3.05, 3.63) is 39.4 Å². The SMILES string of the molecule is CC(=O)c1cccc([N+](=O)[O-])c1C#N. The Bertz CT molecular complexity index is 414. The normalized spacial score (nSPS) is 9.14. The second kappa shape index (κ2) is 3.66. The van der Waals surface area contributed by atoms with Crippen LogP contribution in [0.2, 0.25) is 0 Å². The summed E-state index contributed by atoms with van der Waals surface area (Å²) in [6, 6.07) is 5.65. The van der Waals surface area contributed by atoms with Gasteiger partial charge in [-0.25, -0.2) is 0 Å². The highest BCUT2D eigenvalue weighted by molar-refractivity contribution is 5.97. The van der Waals surface area contributed by atoms with E-state index in [1.54, 1.807) is 6.07 Å². The first-order valence-electron chi connectivity index (χ1n) is 3.76. The van der Waals surface area contributed by atoms with E-state index in [2.05, 4.69) is 0 Å². The predicted octanol–water partition coefficient (Wildman–Crippen LogP) is 1.67. The fourth-order valence-electron chi connectivity index (χ4n) is 1.10. The van der Waals surface area contributed by atoms with E-state index >= 15 is 0 Å². The van der Waals surface area contributed by atoms with Crippen molar-refractivity contribution in [3.63, 3.8) is 0 Å². The minimum atomic E-state index is -0.676. The number of ketones is 1. The molecule has 1 aromatic rings. The van der Waals surface area contributed by atoms with E-state index in [9.17, 15) is 14.9 Å². The van der Waals surface area contributed by atoms with Gasteiger partial charge in [0.25, 0.3) is 5.69 Å². The first kappa shape index (κ1) is 9.86. The van der Waals surface area contributed by atoms with Crippen LogP contribution in [0.5, 0.6) is 0 Å². The average Bonchev–Trinajstić information content (AvgIpc) is 2.16. The zero-order valence-corrected chi connectivity index (χ0v) is 7.35. The highest BCUT2D eigenvalue weighted by Crippen LogP contribution is 2.21. The third kappa shape index (κ3) is 1.59. The summed E-state index contributed by atoms with van der Waals surface area (Å²) in [6.45, 7) is 1.26. The number of nitrogens with zero attached hydrogens (tertiary/aromatic N) is 2. The van der Waals surface area contributed by atoms with Crippen LogP contribution in [-0.2, 0) is 0 Å². The van der Waals surface area contributed by atoms with E-state index in [1.165, 1.54) is 25.1 Å². The van der Waals surface area contributed by atoms with Crippen LogP contribution in [0.3, 0.4) is 0 Å². The molecule has 0 aliphatic carbocycles. The number of nitro benzene ring substituents is 1. The lowest BCUT2D eigenvalue weighted by atomic mass is 10.0. The lowest BCUT2D eigenvalue weighted by molar-refractivity contribution is -0.385. The molecule has 0 unspecified atom stereocenters. The number of benzene rings is 1. The lowest BCUT2D eigenvalue weighted by Gasteiger charge is -1.99. The minimum Gasteiger partial charge on any atom is -0.294 e. The van der Waals surface area contributed by atoms with Gasteiger partial charge in [-0.1, -0.05) is 6.07 Å². The number of nitriles is 1. The maximum atomic E-state index is 11.0. The van der Waals surface area contributed by atoms with Gasteiger partial charge in [0.1, 0.15) is 11.6 Å². The number of hydrogen-bond acceptors (Lipinski definition) is 4. The molecule has 0 saturated heterocycles. The second-order valence-electron chi connectivity index (χ2n) is 2.62. The summed E-state index contributed by atoms with van der Waals surface area (Å²) in [5.41, 5.74) is -0.424. The molecule has 70 valence electrons. The number of Topliss-reactive ketones (excluding diaryl/α,β-unsaturated/α-hetero) is 1. The summed E-state index contributed by atoms with van der Waals surface area (Å²) in [4.78, 5) is 20.8. The molecule has 1 rings (SSSR count). The molecular formula is C9H6N2O3. The van der Waals surface area contributed by atoms with Gasteiger partial charge in [0.05, 0.1) is 4.92 Å². The average molecular weight is 190 g/mol. The smallest absolute Gasteiger partial charge is 0.287 e. The summed E-state index contributed by atoms with van der Waals surface area (Å²) in [6.07, 6.45) is 0. The Morgan fingerprint density at radius 1 is 1.57 bits per heavy atom. The molecule has 0 saturated carbocycles. The maximum absolute atomic E-state index is 11.0. The number of nitro groups is 1. The van der Waals surface area contributed by atoms with Gasteiger partial charge < -0.3 is 0 Å². The highest BCUT2D eigenvalue weighted by atomic mass is 16.6. The van der Waals surface area contributed by atoms with Gasteiger partial charge >= 0.3 is 0 Å². The monoisotopic (exact) mass is 190 g/mol. The third-order valence-electron chi connectivity index (χ3n) is 1.73. The van der Waals surface area contributed by atoms with Crippen molar-refractivity contribution in [1.29, 1.82) is 5.26 Å². The molecule has 0 heterocycles. The zero-order valence-electron chi connectivity index (χ0n) is 7.35. The zero-order chi connectivity index (χ0) is 10.7. The molecule has 0 aliphatic heterocycles. The number of carbonyl (C=O) groups excluding carboxylic acids is 1. The standard InChI is InChI=1S/C9H6N2O3/c1-6(12)7-3-2-4-9(11(13)14)8(7)5-10/h2-4H,1H3. The molecule has 14 heavy (non-hydrogen) atoms. The molecule has 0 fully saturated rings. The number of hydrogen-bond donors (Lipinski definition) is 0. The molecular weight excluding hydrogens is 184 g/mol. The highest BCUT2D eigenvalue weighted by Gasteiger charge is 2.18. The topological polar surface area (TPSA) is 84.0 Å². The van der Waals surface area contributed by atoms with Gasteiger partial charge in [0.2, 0.25) is 0 Å². The Morgan fingerprint density at radius 2 is 2.21 bits per heavy atom. The van der Waals surface area contributed by atoms with Crippen LogP contribution in [0.15, 0.2) is 18.2 Å². The first-order valence-corrected chi connectivity index (χ1v) is 3.76. The van der Waals surface area contributed by atoms with Gasteiger partial charge in [-0.05, 0) is 13.0 Å². The molecule has 5 nitrogen and oxygen atoms in total. The molecule has 0 N–H and O–H groups in total. The van der Waals surface area contributed by atoms with Gasteiger partial charge in [-0.3, -0.25) is 14.9 Å². The summed E-state index contributed by atoms with van der Waals surface area (Å²) in [5, 5.41) is 19.2. The van der Waals surface area contributed by atoms with Crippen molar-refractivity contribution in [1.82, 2.24) is 0 Å². The molecule has 0 aliphatic rings. The van der Waals surface area contributed by atoms with Crippen molar-refractivity contribution in [2.24, 2.45) is 0 Å². The molecule has 0 atom stereocenters. The quantitative estimate of drug-likeness (QED) is 0.403. The van der Waals surface area contributed by atoms with Crippen molar-refractivity contribution < 1.29 is 9.72 Å². The molecule has 0 spiro atoms. The molecule has 0 bridgehead atoms. The predicted molar refractivity (Wildman–Crippen MR) is 47.8 cm³/mol. The van der Waals surface area contributed by atoms with Crippen molar-refractivity contribution in [2.75, 3.05) is 0 Å². The van der Waals surface area contributed by atoms with Crippen LogP contribution < -0.4 is 0 Å². The van der Waals surface area contributed by atoms with E-state index in [1.807, 2.05) is 0 Å². The number of carbonyl (C=O) groups is 1. The number of rotatable bonds is 2. The van der Waals surface area contributed by atoms with Gasteiger partial charge in [0.15, 0.2) is 5.78 Å². The van der Waals surface area contributed by atoms with Crippen LogP contribution >= 0.6 is 0 Å². The summed E-state index contributed by atoms with van der Waals surface area (Å²) < 4.78 is 0. The Kier molecular flexibility index (Phi) is 2.58. The summed E-state index contributed by atoms with van der Waals surface area (Å²) in [5.74, 6) is -0.356. The summed E-state index contributed by atoms with van der Waals surface area (Å²) >= 11 is 0. The van der Waals surface area contributed by atoms with Crippen molar-refractivity contribution in [2.45, 2.75) is 6.92 Å². The second-order valence-corrected chi connectivity index (χ2v) is 2.62. The van der Waals surface area contributed by atoms with Crippen LogP contribution in [-0.4, -0.2) is 10.7 Å². The van der Waals surface area contributed by atoms with Gasteiger partial charge in [0, 0.05) is 11.6 Å². The van der Waals surface area contributed by atoms with Gasteiger partial charge in [-0.15, -0.1) is 0 Å². The van der Waals surface area contributed by atoms with E-state index in [4.69, 9.17) is 5.26 Å². The van der Waals surface area contributed by atoms with E-state index in [0.717, 1.165) is 0 Å². The fraction of sp³-hybridized carbons (Fsp3) is 0.111. The fourth-order valence-corrected chi connectivity index (χ4v) is 1.10. The van der Waals surface area contributed by atoms with Crippen LogP contribution in [0.25, 0.3) is 0 Å². The Labute approximate surface area is 79.7 Å². The van der Waals surface area contributed by atoms with E-state index in [0.29, 0.717) is 0 Å². The van der Waals surface area contributed by atoms with Crippen molar-refractivity contribution in [3.8, 4) is 6.07 Å². The maximum Gasteiger partial charge on any atom is 0.287 e. The minimum absolute atomic E-state index is 0.0849. The largest absolute Gasteiger partial charge is 0.294 e. The van der Waals surface area contributed by atoms with Gasteiger partial charge in [-0.2, -0.15) is 5.26 Å². The Balaban J connectivity index is 3.50. The Hall–Kier alpha value is -2.22.